The maximum Gasteiger partial charge on any atom is 0.252 e. The van der Waals surface area contributed by atoms with Crippen molar-refractivity contribution in [1.82, 2.24) is 19.9 Å². The quantitative estimate of drug-likeness (QED) is 0.485. The van der Waals surface area contributed by atoms with Crippen molar-refractivity contribution in [2.24, 2.45) is 0 Å². The summed E-state index contributed by atoms with van der Waals surface area (Å²) in [6.45, 7) is 1.09. The van der Waals surface area contributed by atoms with Gasteiger partial charge in [-0.05, 0) is 42.0 Å². The van der Waals surface area contributed by atoms with Crippen LogP contribution < -0.4 is 5.32 Å². The minimum Gasteiger partial charge on any atom is -0.352 e. The van der Waals surface area contributed by atoms with Crippen molar-refractivity contribution >= 4 is 40.1 Å². The summed E-state index contributed by atoms with van der Waals surface area (Å²) in [5, 5.41) is 3.99. The monoisotopic (exact) mass is 424 g/mol. The number of carbonyl (C=O) groups excluding carboxylic acids is 1. The number of benzene rings is 2. The Morgan fingerprint density at radius 1 is 1.03 bits per heavy atom. The first-order chi connectivity index (χ1) is 14.1. The number of fused-ring (bicyclic) bond motifs is 1. The van der Waals surface area contributed by atoms with Crippen LogP contribution in [0.25, 0.3) is 11.0 Å². The maximum atomic E-state index is 12.2. The fourth-order valence-electron chi connectivity index (χ4n) is 3.20. The maximum absolute atomic E-state index is 12.2. The van der Waals surface area contributed by atoms with Gasteiger partial charge < -0.3 is 9.88 Å². The first-order valence-electron chi connectivity index (χ1n) is 9.18. The third-order valence-corrected chi connectivity index (χ3v) is 5.36. The van der Waals surface area contributed by atoms with Crippen molar-refractivity contribution in [2.45, 2.75) is 13.0 Å². The van der Waals surface area contributed by atoms with Crippen LogP contribution in [0.2, 0.25) is 10.0 Å². The molecule has 146 valence electrons. The number of aromatic nitrogens is 3. The van der Waals surface area contributed by atoms with E-state index in [2.05, 4.69) is 14.9 Å². The standard InChI is InChI=1S/C22H18Cl2N4O/c23-17-8-7-15(12-18(17)24)14-28-20-6-2-1-5-19(20)27-21(28)9-11-26-22(29)16-4-3-10-25-13-16/h1-8,10,12-13H,9,11,14H2,(H,26,29). The molecule has 0 bridgehead atoms. The van der Waals surface area contributed by atoms with Gasteiger partial charge in [0.15, 0.2) is 0 Å². The number of halogens is 2. The van der Waals surface area contributed by atoms with Gasteiger partial charge in [0.25, 0.3) is 5.91 Å². The van der Waals surface area contributed by atoms with E-state index in [1.165, 1.54) is 0 Å². The van der Waals surface area contributed by atoms with E-state index in [4.69, 9.17) is 28.2 Å². The molecule has 1 amide bonds. The number of rotatable bonds is 6. The summed E-state index contributed by atoms with van der Waals surface area (Å²) >= 11 is 12.2. The zero-order valence-corrected chi connectivity index (χ0v) is 17.0. The Hall–Kier alpha value is -2.89. The molecule has 0 radical (unpaired) electrons. The van der Waals surface area contributed by atoms with Gasteiger partial charge in [0.1, 0.15) is 5.82 Å². The molecule has 7 heteroatoms. The van der Waals surface area contributed by atoms with Gasteiger partial charge in [0.2, 0.25) is 0 Å². The van der Waals surface area contributed by atoms with E-state index in [0.29, 0.717) is 35.1 Å². The van der Waals surface area contributed by atoms with Crippen molar-refractivity contribution in [2.75, 3.05) is 6.54 Å². The second kappa shape index (κ2) is 8.64. The molecule has 2 aromatic heterocycles. The van der Waals surface area contributed by atoms with Crippen LogP contribution in [0.4, 0.5) is 0 Å². The van der Waals surface area contributed by atoms with Crippen LogP contribution in [0.15, 0.2) is 67.0 Å². The van der Waals surface area contributed by atoms with Gasteiger partial charge in [0, 0.05) is 31.9 Å². The summed E-state index contributed by atoms with van der Waals surface area (Å²) in [6, 6.07) is 17.1. The summed E-state index contributed by atoms with van der Waals surface area (Å²) in [4.78, 5) is 21.0. The number of para-hydroxylation sites is 2. The van der Waals surface area contributed by atoms with Gasteiger partial charge in [-0.25, -0.2) is 4.98 Å². The fourth-order valence-corrected chi connectivity index (χ4v) is 3.52. The molecule has 29 heavy (non-hydrogen) atoms. The van der Waals surface area contributed by atoms with Gasteiger partial charge in [-0.3, -0.25) is 9.78 Å². The van der Waals surface area contributed by atoms with Gasteiger partial charge in [-0.2, -0.15) is 0 Å². The number of amides is 1. The van der Waals surface area contributed by atoms with E-state index in [1.807, 2.05) is 36.4 Å². The highest BCUT2D eigenvalue weighted by Gasteiger charge is 2.12. The lowest BCUT2D eigenvalue weighted by Crippen LogP contribution is -2.26. The van der Waals surface area contributed by atoms with Gasteiger partial charge in [0.05, 0.1) is 26.6 Å². The van der Waals surface area contributed by atoms with Crippen LogP contribution in [0.3, 0.4) is 0 Å². The average molecular weight is 425 g/mol. The van der Waals surface area contributed by atoms with E-state index in [-0.39, 0.29) is 5.91 Å². The third kappa shape index (κ3) is 4.42. The summed E-state index contributed by atoms with van der Waals surface area (Å²) in [5.41, 5.74) is 3.52. The minimum atomic E-state index is -0.148. The molecule has 2 aromatic carbocycles. The average Bonchev–Trinajstić information content (AvgIpc) is 3.08. The lowest BCUT2D eigenvalue weighted by molar-refractivity contribution is 0.0953. The highest BCUT2D eigenvalue weighted by Crippen LogP contribution is 2.24. The molecule has 4 aromatic rings. The predicted molar refractivity (Wildman–Crippen MR) is 116 cm³/mol. The first-order valence-corrected chi connectivity index (χ1v) is 9.94. The summed E-state index contributed by atoms with van der Waals surface area (Å²) in [6.07, 6.45) is 3.79. The predicted octanol–water partition coefficient (Wildman–Crippen LogP) is 4.76. The van der Waals surface area contributed by atoms with Gasteiger partial charge in [-0.1, -0.05) is 41.4 Å². The molecule has 0 spiro atoms. The van der Waals surface area contributed by atoms with E-state index >= 15 is 0 Å². The van der Waals surface area contributed by atoms with Crippen LogP contribution in [0.5, 0.6) is 0 Å². The van der Waals surface area contributed by atoms with Crippen molar-refractivity contribution in [3.05, 3.63) is 94.0 Å². The number of nitrogens with one attached hydrogen (secondary N) is 1. The van der Waals surface area contributed by atoms with Crippen molar-refractivity contribution in [3.8, 4) is 0 Å². The van der Waals surface area contributed by atoms with Crippen molar-refractivity contribution in [1.29, 1.82) is 0 Å². The Morgan fingerprint density at radius 3 is 2.69 bits per heavy atom. The summed E-state index contributed by atoms with van der Waals surface area (Å²) < 4.78 is 2.14. The molecule has 2 heterocycles. The number of hydrogen-bond donors (Lipinski definition) is 1. The normalized spacial score (nSPS) is 11.0. The molecule has 0 aliphatic carbocycles. The zero-order valence-electron chi connectivity index (χ0n) is 15.5. The molecule has 0 aliphatic heterocycles. The topological polar surface area (TPSA) is 59.8 Å². The molecule has 0 atom stereocenters. The van der Waals surface area contributed by atoms with Crippen LogP contribution in [0.1, 0.15) is 21.7 Å². The van der Waals surface area contributed by atoms with E-state index in [9.17, 15) is 4.79 Å². The smallest absolute Gasteiger partial charge is 0.252 e. The minimum absolute atomic E-state index is 0.148. The van der Waals surface area contributed by atoms with Crippen molar-refractivity contribution < 1.29 is 4.79 Å². The van der Waals surface area contributed by atoms with Crippen molar-refractivity contribution in [3.63, 3.8) is 0 Å². The molecule has 1 N–H and O–H groups in total. The number of nitrogens with zero attached hydrogens (tertiary/aromatic N) is 3. The molecular weight excluding hydrogens is 407 g/mol. The van der Waals surface area contributed by atoms with E-state index in [1.54, 1.807) is 30.6 Å². The molecule has 4 rings (SSSR count). The molecule has 5 nitrogen and oxygen atoms in total. The number of imidazole rings is 1. The summed E-state index contributed by atoms with van der Waals surface area (Å²) in [7, 11) is 0. The molecule has 0 saturated heterocycles. The Morgan fingerprint density at radius 2 is 1.90 bits per heavy atom. The highest BCUT2D eigenvalue weighted by atomic mass is 35.5. The van der Waals surface area contributed by atoms with E-state index in [0.717, 1.165) is 22.4 Å². The highest BCUT2D eigenvalue weighted by molar-refractivity contribution is 6.42. The van der Waals surface area contributed by atoms with Gasteiger partial charge >= 0.3 is 0 Å². The molecule has 0 fully saturated rings. The third-order valence-electron chi connectivity index (χ3n) is 4.62. The Bertz CT molecular complexity index is 1160. The van der Waals surface area contributed by atoms with Crippen LogP contribution in [-0.4, -0.2) is 27.0 Å². The van der Waals surface area contributed by atoms with Crippen LogP contribution >= 0.6 is 23.2 Å². The fraction of sp³-hybridized carbons (Fsp3) is 0.136. The molecular formula is C22H18Cl2N4O. The van der Waals surface area contributed by atoms with E-state index < -0.39 is 0 Å². The van der Waals surface area contributed by atoms with Gasteiger partial charge in [-0.15, -0.1) is 0 Å². The lowest BCUT2D eigenvalue weighted by Gasteiger charge is -2.11. The Labute approximate surface area is 178 Å². The Kier molecular flexibility index (Phi) is 5.79. The van der Waals surface area contributed by atoms with Crippen LogP contribution in [-0.2, 0) is 13.0 Å². The molecule has 0 aliphatic rings. The molecule has 0 unspecified atom stereocenters. The number of hydrogen-bond acceptors (Lipinski definition) is 3. The second-order valence-electron chi connectivity index (χ2n) is 6.60. The Balaban J connectivity index is 1.54. The molecule has 0 saturated carbocycles. The summed E-state index contributed by atoms with van der Waals surface area (Å²) in [5.74, 6) is 0.744. The SMILES string of the molecule is O=C(NCCc1nc2ccccc2n1Cc1ccc(Cl)c(Cl)c1)c1cccnc1. The second-order valence-corrected chi connectivity index (χ2v) is 7.41. The number of carbonyl (C=O) groups is 1. The lowest BCUT2D eigenvalue weighted by atomic mass is 10.2. The largest absolute Gasteiger partial charge is 0.352 e. The van der Waals surface area contributed by atoms with Crippen LogP contribution in [0, 0.1) is 0 Å². The number of pyridine rings is 1. The first kappa shape index (κ1) is 19.4. The zero-order chi connectivity index (χ0) is 20.2.